The number of hydrogen-bond acceptors (Lipinski definition) is 6. The Balaban J connectivity index is 2.04. The normalized spacial score (nSPS) is 16.6. The minimum atomic E-state index is -1.01. The highest BCUT2D eigenvalue weighted by atomic mass is 19.1. The Labute approximate surface area is 189 Å². The first kappa shape index (κ1) is 24.2. The van der Waals surface area contributed by atoms with Crippen LogP contribution in [0.25, 0.3) is 0 Å². The molecule has 1 aliphatic carbocycles. The van der Waals surface area contributed by atoms with Crippen molar-refractivity contribution in [3.63, 3.8) is 0 Å². The van der Waals surface area contributed by atoms with Gasteiger partial charge in [-0.2, -0.15) is 0 Å². The van der Waals surface area contributed by atoms with Gasteiger partial charge >= 0.3 is 0 Å². The molecule has 8 nitrogen and oxygen atoms in total. The van der Waals surface area contributed by atoms with Crippen LogP contribution in [-0.4, -0.2) is 62.9 Å². The third-order valence-electron chi connectivity index (χ3n) is 6.63. The number of aromatic nitrogens is 1. The van der Waals surface area contributed by atoms with E-state index in [1.807, 2.05) is 19.9 Å². The van der Waals surface area contributed by atoms with Crippen LogP contribution >= 0.6 is 0 Å². The number of ether oxygens (including phenoxy) is 2. The molecule has 32 heavy (non-hydrogen) atoms. The summed E-state index contributed by atoms with van der Waals surface area (Å²) in [7, 11) is 1.67. The minimum Gasteiger partial charge on any atom is -0.476 e. The highest BCUT2D eigenvalue weighted by Crippen LogP contribution is 2.41. The molecule has 1 saturated heterocycles. The van der Waals surface area contributed by atoms with Gasteiger partial charge in [0.25, 0.3) is 5.91 Å². The number of nitrogens with one attached hydrogen (secondary N) is 1. The van der Waals surface area contributed by atoms with Crippen LogP contribution < -0.4 is 20.7 Å². The number of anilines is 1. The van der Waals surface area contributed by atoms with E-state index in [4.69, 9.17) is 15.2 Å². The number of carbonyl (C=O) groups is 2. The number of nitrogens with zero attached hydrogens (tertiary/aromatic N) is 2. The van der Waals surface area contributed by atoms with Gasteiger partial charge in [-0.15, -0.1) is 0 Å². The maximum atomic E-state index is 13.3. The first-order chi connectivity index (χ1) is 15.4. The van der Waals surface area contributed by atoms with E-state index in [1.165, 1.54) is 0 Å². The zero-order valence-corrected chi connectivity index (χ0v) is 19.3. The van der Waals surface area contributed by atoms with Crippen molar-refractivity contribution in [2.75, 3.05) is 44.9 Å². The highest BCUT2D eigenvalue weighted by Gasteiger charge is 2.42. The molecule has 0 spiro atoms. The van der Waals surface area contributed by atoms with Crippen molar-refractivity contribution in [3.05, 3.63) is 17.3 Å². The molecule has 0 unspecified atom stereocenters. The SMILES string of the molecule is CCC(CC)(C(=O)NCCCF)c1cc(N2CC(OC)C2)c(OCC2CC2)nc1C(N)=O. The molecule has 0 bridgehead atoms. The van der Waals surface area contributed by atoms with E-state index in [-0.39, 0.29) is 30.7 Å². The number of primary amides is 1. The van der Waals surface area contributed by atoms with Crippen molar-refractivity contribution in [2.45, 2.75) is 57.5 Å². The summed E-state index contributed by atoms with van der Waals surface area (Å²) >= 11 is 0. The number of hydrogen-bond donors (Lipinski definition) is 2. The molecule has 3 N–H and O–H groups in total. The van der Waals surface area contributed by atoms with E-state index in [2.05, 4.69) is 15.2 Å². The van der Waals surface area contributed by atoms with Gasteiger partial charge in [0.1, 0.15) is 11.4 Å². The molecule has 9 heteroatoms. The van der Waals surface area contributed by atoms with E-state index in [0.717, 1.165) is 18.5 Å². The minimum absolute atomic E-state index is 0.0488. The molecule has 2 fully saturated rings. The Hall–Kier alpha value is -2.42. The number of methoxy groups -OCH3 is 1. The topological polar surface area (TPSA) is 107 Å². The monoisotopic (exact) mass is 450 g/mol. The van der Waals surface area contributed by atoms with Gasteiger partial charge in [-0.1, -0.05) is 13.8 Å². The molecule has 0 aromatic carbocycles. The molecule has 0 radical (unpaired) electrons. The number of nitrogens with two attached hydrogens (primary N) is 1. The molecule has 1 aromatic rings. The summed E-state index contributed by atoms with van der Waals surface area (Å²) in [6.07, 6.45) is 3.47. The fourth-order valence-electron chi connectivity index (χ4n) is 4.15. The van der Waals surface area contributed by atoms with Crippen molar-refractivity contribution in [2.24, 2.45) is 11.7 Å². The summed E-state index contributed by atoms with van der Waals surface area (Å²) in [4.78, 5) is 32.3. The second-order valence-corrected chi connectivity index (χ2v) is 8.68. The molecule has 2 heterocycles. The van der Waals surface area contributed by atoms with Gasteiger partial charge in [0.05, 0.1) is 24.8 Å². The van der Waals surface area contributed by atoms with Crippen LogP contribution in [0.3, 0.4) is 0 Å². The lowest BCUT2D eigenvalue weighted by Gasteiger charge is -2.41. The number of rotatable bonds is 13. The smallest absolute Gasteiger partial charge is 0.267 e. The third-order valence-corrected chi connectivity index (χ3v) is 6.63. The number of halogens is 1. The molecule has 3 rings (SSSR count). The zero-order chi connectivity index (χ0) is 23.3. The Morgan fingerprint density at radius 2 is 2.00 bits per heavy atom. The van der Waals surface area contributed by atoms with Crippen molar-refractivity contribution in [1.29, 1.82) is 0 Å². The molecular weight excluding hydrogens is 415 g/mol. The van der Waals surface area contributed by atoms with E-state index in [1.54, 1.807) is 7.11 Å². The van der Waals surface area contributed by atoms with Gasteiger partial charge in [0.15, 0.2) is 0 Å². The van der Waals surface area contributed by atoms with Crippen molar-refractivity contribution in [3.8, 4) is 5.88 Å². The summed E-state index contributed by atoms with van der Waals surface area (Å²) in [6, 6.07) is 1.84. The largest absolute Gasteiger partial charge is 0.476 e. The van der Waals surface area contributed by atoms with Crippen molar-refractivity contribution in [1.82, 2.24) is 10.3 Å². The second kappa shape index (κ2) is 10.5. The molecule has 0 atom stereocenters. The number of amides is 2. The second-order valence-electron chi connectivity index (χ2n) is 8.68. The van der Waals surface area contributed by atoms with Gasteiger partial charge < -0.3 is 25.4 Å². The van der Waals surface area contributed by atoms with Gasteiger partial charge in [0.2, 0.25) is 11.8 Å². The number of alkyl halides is 1. The van der Waals surface area contributed by atoms with E-state index >= 15 is 0 Å². The van der Waals surface area contributed by atoms with Gasteiger partial charge in [-0.3, -0.25) is 14.0 Å². The lowest BCUT2D eigenvalue weighted by Crippen LogP contribution is -2.52. The zero-order valence-electron chi connectivity index (χ0n) is 19.3. The fraction of sp³-hybridized carbons (Fsp3) is 0.696. The van der Waals surface area contributed by atoms with Crippen LogP contribution in [0, 0.1) is 5.92 Å². The molecule has 1 aromatic heterocycles. The summed E-state index contributed by atoms with van der Waals surface area (Å²) < 4.78 is 24.0. The predicted octanol–water partition coefficient (Wildman–Crippen LogP) is 2.34. The maximum Gasteiger partial charge on any atom is 0.267 e. The summed E-state index contributed by atoms with van der Waals surface area (Å²) in [5, 5.41) is 2.82. The lowest BCUT2D eigenvalue weighted by atomic mass is 9.73. The average molecular weight is 451 g/mol. The number of pyridine rings is 1. The molecular formula is C23H35FN4O4. The van der Waals surface area contributed by atoms with Crippen LogP contribution in [0.2, 0.25) is 0 Å². The van der Waals surface area contributed by atoms with E-state index < -0.39 is 18.0 Å². The molecule has 1 aliphatic heterocycles. The quantitative estimate of drug-likeness (QED) is 0.447. The van der Waals surface area contributed by atoms with Crippen LogP contribution in [0.4, 0.5) is 10.1 Å². The third kappa shape index (κ3) is 4.98. The molecule has 1 saturated carbocycles. The van der Waals surface area contributed by atoms with Crippen LogP contribution in [0.1, 0.15) is 62.0 Å². The lowest BCUT2D eigenvalue weighted by molar-refractivity contribution is -0.127. The fourth-order valence-corrected chi connectivity index (χ4v) is 4.15. The van der Waals surface area contributed by atoms with Crippen LogP contribution in [-0.2, 0) is 14.9 Å². The number of carbonyl (C=O) groups excluding carboxylic acids is 2. The summed E-state index contributed by atoms with van der Waals surface area (Å²) in [5.41, 5.74) is 5.99. The summed E-state index contributed by atoms with van der Waals surface area (Å²) in [6.45, 7) is 5.38. The Morgan fingerprint density at radius 3 is 2.53 bits per heavy atom. The Morgan fingerprint density at radius 1 is 1.31 bits per heavy atom. The molecule has 2 amide bonds. The standard InChI is InChI=1S/C23H35FN4O4/c1-4-23(5-2,22(30)26-10-6-9-24)17-11-18(28-12-16(13-28)31-3)21(27-19(17)20(25)29)32-14-15-7-8-15/h11,15-16H,4-10,12-14H2,1-3H3,(H2,25,29)(H,26,30). The van der Waals surface area contributed by atoms with Crippen molar-refractivity contribution >= 4 is 17.5 Å². The first-order valence-corrected chi connectivity index (χ1v) is 11.5. The summed E-state index contributed by atoms with van der Waals surface area (Å²) in [5.74, 6) is -0.0840. The van der Waals surface area contributed by atoms with Crippen LogP contribution in [0.5, 0.6) is 5.88 Å². The molecule has 2 aliphatic rings. The van der Waals surface area contributed by atoms with Crippen molar-refractivity contribution < 1.29 is 23.5 Å². The first-order valence-electron chi connectivity index (χ1n) is 11.5. The Kier molecular flexibility index (Phi) is 7.92. The Bertz CT molecular complexity index is 820. The van der Waals surface area contributed by atoms with E-state index in [9.17, 15) is 14.0 Å². The molecule has 178 valence electrons. The average Bonchev–Trinajstić information content (AvgIpc) is 3.58. The van der Waals surface area contributed by atoms with Gasteiger partial charge in [0, 0.05) is 32.3 Å². The van der Waals surface area contributed by atoms with Gasteiger partial charge in [-0.05, 0) is 44.1 Å². The highest BCUT2D eigenvalue weighted by molar-refractivity contribution is 5.98. The predicted molar refractivity (Wildman–Crippen MR) is 120 cm³/mol. The maximum absolute atomic E-state index is 13.3. The van der Waals surface area contributed by atoms with Gasteiger partial charge in [-0.25, -0.2) is 4.98 Å². The van der Waals surface area contributed by atoms with Crippen LogP contribution in [0.15, 0.2) is 6.07 Å². The van der Waals surface area contributed by atoms with E-state index in [0.29, 0.717) is 49.9 Å².